The largest absolute Gasteiger partial charge is 0.488 e. The Morgan fingerprint density at radius 3 is 2.04 bits per heavy atom. The number of carbonyl (C=O) groups is 1. The lowest BCUT2D eigenvalue weighted by Crippen LogP contribution is -2.56. The summed E-state index contributed by atoms with van der Waals surface area (Å²) in [6, 6.07) is 31.0. The molecule has 240 valence electrons. The highest BCUT2D eigenvalue weighted by molar-refractivity contribution is 5.93. The van der Waals surface area contributed by atoms with Crippen molar-refractivity contribution < 1.29 is 24.1 Å². The minimum absolute atomic E-state index is 0.0330. The second kappa shape index (κ2) is 13.3. The van der Waals surface area contributed by atoms with E-state index in [1.807, 2.05) is 55.5 Å². The van der Waals surface area contributed by atoms with E-state index in [2.05, 4.69) is 56.0 Å². The van der Waals surface area contributed by atoms with Gasteiger partial charge in [-0.15, -0.1) is 0 Å². The van der Waals surface area contributed by atoms with Crippen LogP contribution in [0.2, 0.25) is 0 Å². The quantitative estimate of drug-likeness (QED) is 0.142. The van der Waals surface area contributed by atoms with E-state index in [-0.39, 0.29) is 23.2 Å². The molecular weight excluding hydrogens is 572 g/mol. The summed E-state index contributed by atoms with van der Waals surface area (Å²) in [6.45, 7) is 9.72. The first-order valence-corrected chi connectivity index (χ1v) is 16.6. The van der Waals surface area contributed by atoms with Gasteiger partial charge in [-0.3, -0.25) is 4.79 Å². The third-order valence-electron chi connectivity index (χ3n) is 11.0. The van der Waals surface area contributed by atoms with Crippen molar-refractivity contribution in [3.8, 4) is 11.5 Å². The molecule has 0 amide bonds. The molecule has 5 heteroatoms. The zero-order valence-electron chi connectivity index (χ0n) is 27.3. The number of hydrogen-bond acceptors (Lipinski definition) is 5. The van der Waals surface area contributed by atoms with Gasteiger partial charge in [-0.2, -0.15) is 0 Å². The molecule has 0 bridgehead atoms. The molecule has 2 saturated carbocycles. The normalized spacial score (nSPS) is 25.9. The highest BCUT2D eigenvalue weighted by atomic mass is 16.5. The van der Waals surface area contributed by atoms with E-state index in [4.69, 9.17) is 14.2 Å². The molecular formula is C41H46O5. The zero-order valence-corrected chi connectivity index (χ0v) is 27.3. The van der Waals surface area contributed by atoms with Crippen molar-refractivity contribution in [2.45, 2.75) is 71.7 Å². The third-order valence-corrected chi connectivity index (χ3v) is 11.0. The van der Waals surface area contributed by atoms with Gasteiger partial charge < -0.3 is 19.3 Å². The number of ether oxygens (including phenoxy) is 3. The number of aliphatic hydroxyl groups is 1. The van der Waals surface area contributed by atoms with Crippen molar-refractivity contribution in [2.24, 2.45) is 22.7 Å². The Morgan fingerprint density at radius 1 is 0.826 bits per heavy atom. The fourth-order valence-corrected chi connectivity index (χ4v) is 8.41. The van der Waals surface area contributed by atoms with Gasteiger partial charge in [0.05, 0.1) is 18.6 Å². The molecule has 4 aromatic rings. The van der Waals surface area contributed by atoms with Gasteiger partial charge in [0.15, 0.2) is 0 Å². The summed E-state index contributed by atoms with van der Waals surface area (Å²) in [6.07, 6.45) is 4.36. The summed E-state index contributed by atoms with van der Waals surface area (Å²) in [7, 11) is 1.48. The van der Waals surface area contributed by atoms with Gasteiger partial charge in [-0.05, 0) is 96.7 Å². The summed E-state index contributed by atoms with van der Waals surface area (Å²) in [5.74, 6) is 1.60. The van der Waals surface area contributed by atoms with Crippen molar-refractivity contribution in [3.05, 3.63) is 120 Å². The fraction of sp³-hybridized carbons (Fsp3) is 0.390. The summed E-state index contributed by atoms with van der Waals surface area (Å²) < 4.78 is 18.0. The van der Waals surface area contributed by atoms with E-state index < -0.39 is 11.5 Å². The molecule has 4 aromatic carbocycles. The van der Waals surface area contributed by atoms with Crippen LogP contribution in [0.5, 0.6) is 11.5 Å². The van der Waals surface area contributed by atoms with E-state index >= 15 is 0 Å². The average molecular weight is 619 g/mol. The lowest BCUT2D eigenvalue weighted by atomic mass is 9.46. The number of fused-ring (bicyclic) bond motifs is 2. The molecule has 5 atom stereocenters. The monoisotopic (exact) mass is 618 g/mol. The van der Waals surface area contributed by atoms with Crippen LogP contribution in [0.3, 0.4) is 0 Å². The summed E-state index contributed by atoms with van der Waals surface area (Å²) in [4.78, 5) is 13.1. The van der Waals surface area contributed by atoms with Gasteiger partial charge in [-0.1, -0.05) is 92.7 Å². The van der Waals surface area contributed by atoms with Crippen LogP contribution in [0.25, 0.3) is 10.8 Å². The van der Waals surface area contributed by atoms with Crippen LogP contribution in [0.4, 0.5) is 0 Å². The number of aryl methyl sites for hydroxylation is 1. The summed E-state index contributed by atoms with van der Waals surface area (Å²) in [5, 5.41) is 13.2. The first-order chi connectivity index (χ1) is 22.2. The van der Waals surface area contributed by atoms with Crippen molar-refractivity contribution >= 4 is 16.7 Å². The molecule has 1 N–H and O–H groups in total. The van der Waals surface area contributed by atoms with Gasteiger partial charge in [0.1, 0.15) is 24.7 Å². The summed E-state index contributed by atoms with van der Waals surface area (Å²) >= 11 is 0. The van der Waals surface area contributed by atoms with E-state index in [0.29, 0.717) is 19.6 Å². The van der Waals surface area contributed by atoms with Crippen LogP contribution in [-0.4, -0.2) is 24.3 Å². The van der Waals surface area contributed by atoms with E-state index in [9.17, 15) is 9.90 Å². The van der Waals surface area contributed by atoms with Crippen LogP contribution in [0.15, 0.2) is 103 Å². The zero-order chi connectivity index (χ0) is 32.3. The first-order valence-electron chi connectivity index (χ1n) is 16.6. The molecule has 0 saturated heterocycles. The SMILES string of the molecule is C=C1[C@H](O)C[C@@H]2[C@](C)(CCC[C@]2(C)C(=O)OC)[C@H]1CCc1ccc2c(OCc3ccccc3)ccc(OCc3ccccc3)c2c1. The standard InChI is InChI=1S/C41H46O5/c1-28-34(40(2)22-11-23-41(3,39(43)44-4)38(40)25-35(28)42)19-17-29-16-18-32-33(24-29)37(46-27-31-14-9-6-10-15-31)21-20-36(32)45-26-30-12-7-5-8-13-30/h5-10,12-16,18,20-21,24,34-35,38,42H,1,11,17,19,22-23,25-27H2,2-4H3/t34-,35+,38+,40+,41-/m0/s1. The molecule has 0 aliphatic heterocycles. The highest BCUT2D eigenvalue weighted by Gasteiger charge is 2.59. The Bertz CT molecular complexity index is 1680. The van der Waals surface area contributed by atoms with Crippen LogP contribution in [0.1, 0.15) is 62.6 Å². The number of rotatable bonds is 10. The molecule has 2 fully saturated rings. The molecule has 0 heterocycles. The van der Waals surface area contributed by atoms with Crippen LogP contribution in [0, 0.1) is 22.7 Å². The second-order valence-corrected chi connectivity index (χ2v) is 13.7. The molecule has 2 aliphatic carbocycles. The fourth-order valence-electron chi connectivity index (χ4n) is 8.41. The van der Waals surface area contributed by atoms with Gasteiger partial charge in [0.2, 0.25) is 0 Å². The lowest BCUT2D eigenvalue weighted by Gasteiger charge is -2.58. The highest BCUT2D eigenvalue weighted by Crippen LogP contribution is 2.62. The lowest BCUT2D eigenvalue weighted by molar-refractivity contribution is -0.171. The molecule has 5 nitrogen and oxygen atoms in total. The Balaban J connectivity index is 1.28. The number of hydrogen-bond donors (Lipinski definition) is 1. The molecule has 2 aliphatic rings. The van der Waals surface area contributed by atoms with Crippen molar-refractivity contribution in [1.29, 1.82) is 0 Å². The van der Waals surface area contributed by atoms with Crippen LogP contribution >= 0.6 is 0 Å². The second-order valence-electron chi connectivity index (χ2n) is 13.7. The van der Waals surface area contributed by atoms with Crippen molar-refractivity contribution in [1.82, 2.24) is 0 Å². The predicted molar refractivity (Wildman–Crippen MR) is 183 cm³/mol. The van der Waals surface area contributed by atoms with Crippen molar-refractivity contribution in [2.75, 3.05) is 7.11 Å². The van der Waals surface area contributed by atoms with Gasteiger partial charge in [0, 0.05) is 10.8 Å². The molecule has 46 heavy (non-hydrogen) atoms. The maximum Gasteiger partial charge on any atom is 0.311 e. The Kier molecular flexibility index (Phi) is 9.24. The van der Waals surface area contributed by atoms with Crippen molar-refractivity contribution in [3.63, 3.8) is 0 Å². The minimum atomic E-state index is -0.621. The average Bonchev–Trinajstić information content (AvgIpc) is 3.08. The predicted octanol–water partition coefficient (Wildman–Crippen LogP) is 8.85. The number of methoxy groups -OCH3 is 1. The maximum absolute atomic E-state index is 13.1. The Labute approximate surface area is 273 Å². The molecule has 0 aromatic heterocycles. The molecule has 0 spiro atoms. The minimum Gasteiger partial charge on any atom is -0.488 e. The van der Waals surface area contributed by atoms with Gasteiger partial charge in [0.25, 0.3) is 0 Å². The maximum atomic E-state index is 13.1. The summed E-state index contributed by atoms with van der Waals surface area (Å²) in [5.41, 5.74) is 3.57. The van der Waals surface area contributed by atoms with E-state index in [0.717, 1.165) is 71.1 Å². The number of aliphatic hydroxyl groups excluding tert-OH is 1. The molecule has 0 radical (unpaired) electrons. The first kappa shape index (κ1) is 31.9. The third kappa shape index (κ3) is 6.18. The van der Waals surface area contributed by atoms with Gasteiger partial charge >= 0.3 is 5.97 Å². The van der Waals surface area contributed by atoms with E-state index in [1.165, 1.54) is 12.7 Å². The molecule has 0 unspecified atom stereocenters. The number of benzene rings is 4. The smallest absolute Gasteiger partial charge is 0.311 e. The van der Waals surface area contributed by atoms with Crippen LogP contribution < -0.4 is 9.47 Å². The number of carbonyl (C=O) groups excluding carboxylic acids is 1. The Morgan fingerprint density at radius 2 is 1.43 bits per heavy atom. The Hall–Kier alpha value is -4.09. The number of esters is 1. The van der Waals surface area contributed by atoms with Gasteiger partial charge in [-0.25, -0.2) is 0 Å². The van der Waals surface area contributed by atoms with Crippen LogP contribution in [-0.2, 0) is 29.2 Å². The topological polar surface area (TPSA) is 65.0 Å². The molecule has 6 rings (SSSR count). The van der Waals surface area contributed by atoms with E-state index in [1.54, 1.807) is 0 Å².